The molecule has 4 bridgehead atoms. The van der Waals surface area contributed by atoms with E-state index in [1.807, 2.05) is 12.1 Å². The first-order valence-corrected chi connectivity index (χ1v) is 9.21. The summed E-state index contributed by atoms with van der Waals surface area (Å²) in [7, 11) is 2.23. The minimum Gasteiger partial charge on any atom is -0.508 e. The van der Waals surface area contributed by atoms with Crippen LogP contribution < -0.4 is 0 Å². The van der Waals surface area contributed by atoms with Gasteiger partial charge in [0.2, 0.25) is 0 Å². The highest BCUT2D eigenvalue weighted by Crippen LogP contribution is 2.51. The molecule has 6 rings (SSSR count). The number of phenols is 1. The molecular weight excluding hydrogens is 284 g/mol. The van der Waals surface area contributed by atoms with Crippen LogP contribution in [0.1, 0.15) is 43.4 Å². The molecule has 122 valence electrons. The lowest BCUT2D eigenvalue weighted by atomic mass is 9.65. The molecule has 1 N–H and O–H groups in total. The Bertz CT molecular complexity index is 778. The summed E-state index contributed by atoms with van der Waals surface area (Å²) in [5.41, 5.74) is 4.37. The number of piperidine rings is 2. The van der Waals surface area contributed by atoms with E-state index in [-0.39, 0.29) is 0 Å². The number of benzene rings is 1. The highest BCUT2D eigenvalue weighted by molar-refractivity contribution is 5.87. The molecule has 23 heavy (non-hydrogen) atoms. The second kappa shape index (κ2) is 4.76. The Balaban J connectivity index is 1.74. The van der Waals surface area contributed by atoms with E-state index in [0.29, 0.717) is 11.7 Å². The van der Waals surface area contributed by atoms with Gasteiger partial charge in [0.05, 0.1) is 0 Å². The summed E-state index contributed by atoms with van der Waals surface area (Å²) < 4.78 is 2.44. The van der Waals surface area contributed by atoms with Crippen LogP contribution >= 0.6 is 0 Å². The van der Waals surface area contributed by atoms with Gasteiger partial charge in [-0.15, -0.1) is 0 Å². The zero-order valence-electron chi connectivity index (χ0n) is 14.1. The Morgan fingerprint density at radius 3 is 2.96 bits per heavy atom. The number of aromatic hydroxyl groups is 1. The van der Waals surface area contributed by atoms with Crippen molar-refractivity contribution in [1.29, 1.82) is 0 Å². The maximum Gasteiger partial charge on any atom is 0.116 e. The van der Waals surface area contributed by atoms with E-state index in [1.165, 1.54) is 48.8 Å². The number of phenolic OH excluding ortho intramolecular Hbond substituents is 1. The topological polar surface area (TPSA) is 28.4 Å². The van der Waals surface area contributed by atoms with Gasteiger partial charge in [-0.1, -0.05) is 13.3 Å². The van der Waals surface area contributed by atoms with E-state index in [0.717, 1.165) is 24.3 Å². The smallest absolute Gasteiger partial charge is 0.116 e. The molecule has 1 aromatic carbocycles. The monoisotopic (exact) mass is 310 g/mol. The maximum absolute atomic E-state index is 9.96. The second-order valence-corrected chi connectivity index (χ2v) is 7.97. The second-order valence-electron chi connectivity index (χ2n) is 7.97. The van der Waals surface area contributed by atoms with Crippen molar-refractivity contribution >= 4 is 10.9 Å². The Morgan fingerprint density at radius 2 is 2.13 bits per heavy atom. The Morgan fingerprint density at radius 1 is 1.26 bits per heavy atom. The number of nitrogens with zero attached hydrogens (tertiary/aromatic N) is 2. The molecule has 0 spiro atoms. The van der Waals surface area contributed by atoms with Gasteiger partial charge in [0.15, 0.2) is 0 Å². The summed E-state index contributed by atoms with van der Waals surface area (Å²) in [5.74, 6) is 2.83. The molecule has 4 unspecified atom stereocenters. The van der Waals surface area contributed by atoms with Gasteiger partial charge >= 0.3 is 0 Å². The number of aromatic nitrogens is 1. The molecule has 3 fully saturated rings. The van der Waals surface area contributed by atoms with Gasteiger partial charge < -0.3 is 9.67 Å². The average Bonchev–Trinajstić information content (AvgIpc) is 2.76. The zero-order chi connectivity index (χ0) is 15.7. The average molecular weight is 310 g/mol. The molecule has 0 radical (unpaired) electrons. The molecule has 3 heteroatoms. The standard InChI is InChI=1S/C20H26N2O/c1-3-13-8-12-9-17-19(13)22(11-12)7-6-15-16-10-14(23)4-5-18(16)21(2)20(15)17/h4-5,10,12-13,17,19,23H,3,6-9,11H2,1-2H3/t12?,13?,17-,19?/m1/s1. The van der Waals surface area contributed by atoms with Crippen molar-refractivity contribution in [2.24, 2.45) is 18.9 Å². The van der Waals surface area contributed by atoms with E-state index in [4.69, 9.17) is 0 Å². The Hall–Kier alpha value is -1.48. The van der Waals surface area contributed by atoms with Crippen molar-refractivity contribution in [3.8, 4) is 5.75 Å². The molecule has 5 atom stereocenters. The van der Waals surface area contributed by atoms with Crippen molar-refractivity contribution in [3.63, 3.8) is 0 Å². The molecular formula is C20H26N2O. The summed E-state index contributed by atoms with van der Waals surface area (Å²) >= 11 is 0. The number of rotatable bonds is 1. The lowest BCUT2D eigenvalue weighted by Crippen LogP contribution is -2.56. The van der Waals surface area contributed by atoms with Crippen LogP contribution in [-0.2, 0) is 13.5 Å². The first-order chi connectivity index (χ1) is 11.2. The molecule has 2 aromatic rings. The van der Waals surface area contributed by atoms with Gasteiger partial charge in [0.1, 0.15) is 5.75 Å². The fourth-order valence-electron chi connectivity index (χ4n) is 6.09. The van der Waals surface area contributed by atoms with E-state index >= 15 is 0 Å². The fourth-order valence-corrected chi connectivity index (χ4v) is 6.09. The van der Waals surface area contributed by atoms with Crippen LogP contribution in [0.4, 0.5) is 0 Å². The summed E-state index contributed by atoms with van der Waals surface area (Å²) in [6, 6.07) is 6.64. The number of hydrogen-bond donors (Lipinski definition) is 1. The van der Waals surface area contributed by atoms with Crippen LogP contribution in [0.3, 0.4) is 0 Å². The molecule has 2 saturated heterocycles. The van der Waals surface area contributed by atoms with Crippen molar-refractivity contribution < 1.29 is 5.11 Å². The van der Waals surface area contributed by atoms with Gasteiger partial charge in [-0.2, -0.15) is 0 Å². The molecule has 4 heterocycles. The highest BCUT2D eigenvalue weighted by Gasteiger charge is 2.49. The number of aryl methyl sites for hydroxylation is 1. The van der Waals surface area contributed by atoms with Gasteiger partial charge in [-0.05, 0) is 54.9 Å². The first-order valence-electron chi connectivity index (χ1n) is 9.21. The third kappa shape index (κ3) is 1.80. The van der Waals surface area contributed by atoms with Crippen LogP contribution in [-0.4, -0.2) is 33.7 Å². The van der Waals surface area contributed by atoms with Gasteiger partial charge in [-0.3, -0.25) is 4.90 Å². The maximum atomic E-state index is 9.96. The molecule has 3 aliphatic heterocycles. The fraction of sp³-hybridized carbons (Fsp3) is 0.600. The van der Waals surface area contributed by atoms with E-state index in [2.05, 4.69) is 29.5 Å². The summed E-state index contributed by atoms with van der Waals surface area (Å²) in [5, 5.41) is 11.2. The summed E-state index contributed by atoms with van der Waals surface area (Å²) in [6.07, 6.45) is 5.25. The van der Waals surface area contributed by atoms with E-state index in [9.17, 15) is 5.11 Å². The Labute approximate surface area is 137 Å². The van der Waals surface area contributed by atoms with Crippen LogP contribution in [0.2, 0.25) is 0 Å². The normalized spacial score (nSPS) is 35.3. The molecule has 3 nitrogen and oxygen atoms in total. The number of fused-ring (bicyclic) bond motifs is 4. The predicted octanol–water partition coefficient (Wildman–Crippen LogP) is 3.64. The highest BCUT2D eigenvalue weighted by atomic mass is 16.3. The van der Waals surface area contributed by atoms with Gasteiger partial charge in [0.25, 0.3) is 0 Å². The van der Waals surface area contributed by atoms with Gasteiger partial charge in [-0.25, -0.2) is 0 Å². The third-order valence-corrected chi connectivity index (χ3v) is 6.89. The molecule has 0 amide bonds. The van der Waals surface area contributed by atoms with Crippen molar-refractivity contribution in [1.82, 2.24) is 9.47 Å². The summed E-state index contributed by atoms with van der Waals surface area (Å²) in [4.78, 5) is 2.80. The molecule has 1 aromatic heterocycles. The largest absolute Gasteiger partial charge is 0.508 e. The predicted molar refractivity (Wildman–Crippen MR) is 92.9 cm³/mol. The summed E-state index contributed by atoms with van der Waals surface area (Å²) in [6.45, 7) is 4.88. The van der Waals surface area contributed by atoms with E-state index < -0.39 is 0 Å². The molecule has 1 aliphatic carbocycles. The quantitative estimate of drug-likeness (QED) is 0.871. The van der Waals surface area contributed by atoms with Crippen LogP contribution in [0.5, 0.6) is 5.75 Å². The number of hydrogen-bond acceptors (Lipinski definition) is 2. The van der Waals surface area contributed by atoms with Crippen molar-refractivity contribution in [2.45, 2.75) is 44.6 Å². The van der Waals surface area contributed by atoms with Crippen LogP contribution in [0, 0.1) is 11.8 Å². The van der Waals surface area contributed by atoms with E-state index in [1.54, 1.807) is 5.69 Å². The van der Waals surface area contributed by atoms with Crippen molar-refractivity contribution in [2.75, 3.05) is 13.1 Å². The zero-order valence-corrected chi connectivity index (χ0v) is 14.1. The van der Waals surface area contributed by atoms with Crippen molar-refractivity contribution in [3.05, 3.63) is 29.5 Å². The SMILES string of the molecule is CCC1CC2C[C@H]3c4c(c5cc(O)ccc5n4C)CCN(C2)C13. The van der Waals surface area contributed by atoms with Gasteiger partial charge in [0, 0.05) is 48.7 Å². The lowest BCUT2D eigenvalue weighted by Gasteiger charge is -2.53. The molecule has 4 aliphatic rings. The lowest BCUT2D eigenvalue weighted by molar-refractivity contribution is -0.0140. The van der Waals surface area contributed by atoms with Crippen LogP contribution in [0.15, 0.2) is 18.2 Å². The minimum atomic E-state index is 0.395. The Kier molecular flexibility index (Phi) is 2.88. The van der Waals surface area contributed by atoms with Crippen LogP contribution in [0.25, 0.3) is 10.9 Å². The third-order valence-electron chi connectivity index (χ3n) is 6.89. The first kappa shape index (κ1) is 13.9. The molecule has 1 saturated carbocycles. The minimum absolute atomic E-state index is 0.395.